The summed E-state index contributed by atoms with van der Waals surface area (Å²) in [5.74, 6) is 0.0928. The van der Waals surface area contributed by atoms with Crippen molar-refractivity contribution in [2.75, 3.05) is 5.75 Å². The number of allylic oxidation sites excluding steroid dienone is 1. The number of amides is 1. The Bertz CT molecular complexity index is 1040. The molecule has 0 saturated carbocycles. The molecular formula is C19H22N4O2S. The number of benzene rings is 1. The summed E-state index contributed by atoms with van der Waals surface area (Å²) in [5.41, 5.74) is 1.50. The second-order valence-electron chi connectivity index (χ2n) is 7.08. The lowest BCUT2D eigenvalue weighted by molar-refractivity contribution is -0.119. The van der Waals surface area contributed by atoms with Gasteiger partial charge in [-0.1, -0.05) is 36.0 Å². The molecule has 0 fully saturated rings. The topological polar surface area (TPSA) is 79.8 Å². The van der Waals surface area contributed by atoms with Crippen LogP contribution in [0.15, 0.2) is 46.9 Å². The quantitative estimate of drug-likeness (QED) is 0.411. The number of nitrogens with one attached hydrogen (secondary N) is 2. The summed E-state index contributed by atoms with van der Waals surface area (Å²) < 4.78 is 1.54. The zero-order valence-electron chi connectivity index (χ0n) is 15.1. The Morgan fingerprint density at radius 3 is 2.81 bits per heavy atom. The number of para-hydroxylation sites is 1. The van der Waals surface area contributed by atoms with Crippen LogP contribution in [0.1, 0.15) is 20.8 Å². The van der Waals surface area contributed by atoms with Gasteiger partial charge in [0.1, 0.15) is 11.0 Å². The van der Waals surface area contributed by atoms with E-state index in [2.05, 4.69) is 21.9 Å². The molecule has 6 nitrogen and oxygen atoms in total. The first-order valence-corrected chi connectivity index (χ1v) is 9.34. The van der Waals surface area contributed by atoms with E-state index in [1.165, 1.54) is 11.8 Å². The van der Waals surface area contributed by atoms with Crippen LogP contribution in [0.3, 0.4) is 0 Å². The Labute approximate surface area is 155 Å². The van der Waals surface area contributed by atoms with Crippen LogP contribution in [0.25, 0.3) is 21.9 Å². The molecule has 2 aromatic heterocycles. The minimum Gasteiger partial charge on any atom is -0.351 e. The SMILES string of the molecule is C=CCn1c(SCC(=O)NC(C)(C)C)nc2c([nH]c3ccccc32)c1=O. The molecule has 3 aromatic rings. The maximum Gasteiger partial charge on any atom is 0.278 e. The average molecular weight is 370 g/mol. The molecule has 0 aliphatic heterocycles. The van der Waals surface area contributed by atoms with Gasteiger partial charge in [0, 0.05) is 23.0 Å². The second kappa shape index (κ2) is 6.99. The number of rotatable bonds is 5. The molecule has 7 heteroatoms. The van der Waals surface area contributed by atoms with Crippen LogP contribution in [0.5, 0.6) is 0 Å². The van der Waals surface area contributed by atoms with Crippen molar-refractivity contribution in [3.8, 4) is 0 Å². The first-order valence-electron chi connectivity index (χ1n) is 8.36. The van der Waals surface area contributed by atoms with Gasteiger partial charge in [-0.15, -0.1) is 6.58 Å². The number of aromatic amines is 1. The number of hydrogen-bond acceptors (Lipinski definition) is 4. The molecular weight excluding hydrogens is 348 g/mol. The van der Waals surface area contributed by atoms with E-state index in [0.717, 1.165) is 10.9 Å². The van der Waals surface area contributed by atoms with E-state index in [9.17, 15) is 9.59 Å². The summed E-state index contributed by atoms with van der Waals surface area (Å²) in [5, 5.41) is 4.32. The Kier molecular flexibility index (Phi) is 4.91. The van der Waals surface area contributed by atoms with Crippen LogP contribution in [0.4, 0.5) is 0 Å². The molecule has 0 radical (unpaired) electrons. The molecule has 0 saturated heterocycles. The normalized spacial score (nSPS) is 11.8. The minimum atomic E-state index is -0.299. The lowest BCUT2D eigenvalue weighted by Crippen LogP contribution is -2.41. The number of carbonyl (C=O) groups excluding carboxylic acids is 1. The first-order chi connectivity index (χ1) is 12.3. The van der Waals surface area contributed by atoms with Crippen molar-refractivity contribution < 1.29 is 4.79 Å². The largest absolute Gasteiger partial charge is 0.351 e. The van der Waals surface area contributed by atoms with Crippen molar-refractivity contribution in [2.45, 2.75) is 38.0 Å². The van der Waals surface area contributed by atoms with Crippen molar-refractivity contribution in [3.63, 3.8) is 0 Å². The van der Waals surface area contributed by atoms with E-state index in [1.54, 1.807) is 10.6 Å². The zero-order chi connectivity index (χ0) is 18.9. The van der Waals surface area contributed by atoms with Crippen LogP contribution in [-0.2, 0) is 11.3 Å². The van der Waals surface area contributed by atoms with Crippen LogP contribution in [0, 0.1) is 0 Å². The van der Waals surface area contributed by atoms with E-state index >= 15 is 0 Å². The summed E-state index contributed by atoms with van der Waals surface area (Å²) in [6.07, 6.45) is 1.65. The number of carbonyl (C=O) groups is 1. The third kappa shape index (κ3) is 3.67. The van der Waals surface area contributed by atoms with Gasteiger partial charge in [0.15, 0.2) is 5.16 Å². The third-order valence-corrected chi connectivity index (χ3v) is 4.71. The predicted octanol–water partition coefficient (Wildman–Crippen LogP) is 3.07. The molecule has 2 heterocycles. The van der Waals surface area contributed by atoms with Gasteiger partial charge < -0.3 is 10.3 Å². The van der Waals surface area contributed by atoms with Gasteiger partial charge in [0.25, 0.3) is 5.56 Å². The molecule has 0 bridgehead atoms. The Morgan fingerprint density at radius 1 is 1.38 bits per heavy atom. The van der Waals surface area contributed by atoms with E-state index in [4.69, 9.17) is 0 Å². The highest BCUT2D eigenvalue weighted by Gasteiger charge is 2.18. The smallest absolute Gasteiger partial charge is 0.278 e. The maximum absolute atomic E-state index is 12.9. The lowest BCUT2D eigenvalue weighted by atomic mass is 10.1. The van der Waals surface area contributed by atoms with Crippen molar-refractivity contribution >= 4 is 39.6 Å². The van der Waals surface area contributed by atoms with Crippen LogP contribution in [0.2, 0.25) is 0 Å². The van der Waals surface area contributed by atoms with E-state index < -0.39 is 0 Å². The van der Waals surface area contributed by atoms with Crippen molar-refractivity contribution in [3.05, 3.63) is 47.3 Å². The number of fused-ring (bicyclic) bond motifs is 3. The van der Waals surface area contributed by atoms with E-state index in [-0.39, 0.29) is 22.8 Å². The highest BCUT2D eigenvalue weighted by molar-refractivity contribution is 7.99. The molecule has 26 heavy (non-hydrogen) atoms. The molecule has 0 spiro atoms. The highest BCUT2D eigenvalue weighted by Crippen LogP contribution is 2.24. The van der Waals surface area contributed by atoms with Crippen LogP contribution in [-0.4, -0.2) is 31.7 Å². The maximum atomic E-state index is 12.9. The molecule has 1 aromatic carbocycles. The number of thioether (sulfide) groups is 1. The van der Waals surface area contributed by atoms with Gasteiger partial charge in [-0.2, -0.15) is 0 Å². The fraction of sp³-hybridized carbons (Fsp3) is 0.316. The molecule has 1 amide bonds. The number of aromatic nitrogens is 3. The average Bonchev–Trinajstić information content (AvgIpc) is 2.93. The zero-order valence-corrected chi connectivity index (χ0v) is 15.9. The first kappa shape index (κ1) is 18.3. The summed E-state index contributed by atoms with van der Waals surface area (Å²) >= 11 is 1.25. The monoisotopic (exact) mass is 370 g/mol. The highest BCUT2D eigenvalue weighted by atomic mass is 32.2. The van der Waals surface area contributed by atoms with Crippen LogP contribution < -0.4 is 10.9 Å². The molecule has 136 valence electrons. The van der Waals surface area contributed by atoms with E-state index in [1.807, 2.05) is 45.0 Å². The van der Waals surface area contributed by atoms with E-state index in [0.29, 0.717) is 22.7 Å². The Hall–Kier alpha value is -2.54. The fourth-order valence-corrected chi connectivity index (χ4v) is 3.56. The molecule has 3 rings (SSSR count). The van der Waals surface area contributed by atoms with Gasteiger partial charge in [0.05, 0.1) is 5.75 Å². The third-order valence-electron chi connectivity index (χ3n) is 3.73. The lowest BCUT2D eigenvalue weighted by Gasteiger charge is -2.20. The summed E-state index contributed by atoms with van der Waals surface area (Å²) in [4.78, 5) is 32.9. The van der Waals surface area contributed by atoms with Crippen molar-refractivity contribution in [2.24, 2.45) is 0 Å². The van der Waals surface area contributed by atoms with Gasteiger partial charge in [-0.25, -0.2) is 4.98 Å². The fourth-order valence-electron chi connectivity index (χ4n) is 2.76. The Balaban J connectivity index is 2.04. The molecule has 0 aliphatic carbocycles. The summed E-state index contributed by atoms with van der Waals surface area (Å²) in [7, 11) is 0. The minimum absolute atomic E-state index is 0.0964. The van der Waals surface area contributed by atoms with Crippen molar-refractivity contribution in [1.29, 1.82) is 0 Å². The predicted molar refractivity (Wildman–Crippen MR) is 107 cm³/mol. The van der Waals surface area contributed by atoms with Crippen LogP contribution >= 0.6 is 11.8 Å². The summed E-state index contributed by atoms with van der Waals surface area (Å²) in [6.45, 7) is 9.84. The molecule has 0 atom stereocenters. The molecule has 2 N–H and O–H groups in total. The molecule has 0 aliphatic rings. The van der Waals surface area contributed by atoms with Crippen molar-refractivity contribution in [1.82, 2.24) is 19.9 Å². The summed E-state index contributed by atoms with van der Waals surface area (Å²) in [6, 6.07) is 7.67. The van der Waals surface area contributed by atoms with Gasteiger partial charge in [0.2, 0.25) is 5.91 Å². The van der Waals surface area contributed by atoms with Gasteiger partial charge >= 0.3 is 0 Å². The van der Waals surface area contributed by atoms with Gasteiger partial charge in [-0.3, -0.25) is 14.2 Å². The standard InChI is InChI=1S/C19H22N4O2S/c1-5-10-23-17(25)16-15(12-8-6-7-9-13(12)20-16)21-18(23)26-11-14(24)22-19(2,3)4/h5-9,20H,1,10-11H2,2-4H3,(H,22,24). The number of H-pyrrole nitrogens is 1. The number of nitrogens with zero attached hydrogens (tertiary/aromatic N) is 2. The van der Waals surface area contributed by atoms with Gasteiger partial charge in [-0.05, 0) is 26.8 Å². The number of hydrogen-bond donors (Lipinski definition) is 2. The Morgan fingerprint density at radius 2 is 2.12 bits per heavy atom. The molecule has 0 unspecified atom stereocenters. The second-order valence-corrected chi connectivity index (χ2v) is 8.02.